The number of likely N-dealkylation sites (tertiary alicyclic amines) is 1. The lowest BCUT2D eigenvalue weighted by Gasteiger charge is -2.34. The molecular formula is C25H31N3O4. The van der Waals surface area contributed by atoms with Gasteiger partial charge in [-0.25, -0.2) is 4.79 Å². The summed E-state index contributed by atoms with van der Waals surface area (Å²) in [6, 6.07) is 8.12. The maximum absolute atomic E-state index is 12.4. The largest absolute Gasteiger partial charge is 0.487 e. The monoisotopic (exact) mass is 437 g/mol. The summed E-state index contributed by atoms with van der Waals surface area (Å²) in [6.45, 7) is 6.79. The number of aromatic nitrogens is 1. The number of amides is 2. The van der Waals surface area contributed by atoms with Gasteiger partial charge in [-0.05, 0) is 69.4 Å². The number of piperidine rings is 1. The fraction of sp³-hybridized carbons (Fsp3) is 0.480. The molecule has 7 heteroatoms. The van der Waals surface area contributed by atoms with Crippen LogP contribution in [0.2, 0.25) is 0 Å². The second kappa shape index (κ2) is 8.81. The SMILES string of the molecule is CN1C(=O)CCc2cc(-c3cncc(OC4CCCN(C(=O)OC(C)(C)C)C4)c3)ccc21. The van der Waals surface area contributed by atoms with E-state index in [4.69, 9.17) is 9.47 Å². The molecule has 2 amide bonds. The van der Waals surface area contributed by atoms with Crippen molar-refractivity contribution in [3.63, 3.8) is 0 Å². The molecule has 1 fully saturated rings. The first-order valence-corrected chi connectivity index (χ1v) is 11.2. The van der Waals surface area contributed by atoms with Crippen molar-refractivity contribution in [1.29, 1.82) is 0 Å². The molecule has 2 aromatic rings. The van der Waals surface area contributed by atoms with E-state index in [1.807, 2.05) is 52.2 Å². The summed E-state index contributed by atoms with van der Waals surface area (Å²) in [5, 5.41) is 0. The van der Waals surface area contributed by atoms with E-state index in [-0.39, 0.29) is 18.1 Å². The van der Waals surface area contributed by atoms with Gasteiger partial charge in [-0.1, -0.05) is 6.07 Å². The molecule has 0 aliphatic carbocycles. The van der Waals surface area contributed by atoms with Crippen LogP contribution in [0.25, 0.3) is 11.1 Å². The number of anilines is 1. The highest BCUT2D eigenvalue weighted by Gasteiger charge is 2.28. The van der Waals surface area contributed by atoms with Crippen LogP contribution in [0.5, 0.6) is 5.75 Å². The van der Waals surface area contributed by atoms with Gasteiger partial charge in [0, 0.05) is 37.5 Å². The third-order valence-electron chi connectivity index (χ3n) is 5.80. The lowest BCUT2D eigenvalue weighted by Crippen LogP contribution is -2.46. The Morgan fingerprint density at radius 1 is 1.12 bits per heavy atom. The second-order valence-corrected chi connectivity index (χ2v) is 9.51. The summed E-state index contributed by atoms with van der Waals surface area (Å²) in [6.07, 6.45) is 6.16. The van der Waals surface area contributed by atoms with Gasteiger partial charge >= 0.3 is 6.09 Å². The normalized spacial score (nSPS) is 18.9. The standard InChI is InChI=1S/C25H31N3O4/c1-25(2,3)32-24(30)28-11-5-6-20(16-28)31-21-13-19(14-26-15-21)17-7-9-22-18(12-17)8-10-23(29)27(22)4/h7,9,12-15,20H,5-6,8,10-11,16H2,1-4H3. The van der Waals surface area contributed by atoms with Gasteiger partial charge in [0.05, 0.1) is 12.7 Å². The molecule has 2 aliphatic rings. The highest BCUT2D eigenvalue weighted by atomic mass is 16.6. The zero-order valence-corrected chi connectivity index (χ0v) is 19.3. The van der Waals surface area contributed by atoms with Crippen molar-refractivity contribution >= 4 is 17.7 Å². The minimum Gasteiger partial charge on any atom is -0.487 e. The van der Waals surface area contributed by atoms with E-state index in [1.54, 1.807) is 16.0 Å². The summed E-state index contributed by atoms with van der Waals surface area (Å²) < 4.78 is 11.7. The topological polar surface area (TPSA) is 72.0 Å². The summed E-state index contributed by atoms with van der Waals surface area (Å²) in [7, 11) is 1.82. The smallest absolute Gasteiger partial charge is 0.410 e. The van der Waals surface area contributed by atoms with E-state index in [1.165, 1.54) is 0 Å². The Kier molecular flexibility index (Phi) is 6.09. The molecule has 1 atom stereocenters. The van der Waals surface area contributed by atoms with Gasteiger partial charge in [-0.3, -0.25) is 9.78 Å². The Hall–Kier alpha value is -3.09. The van der Waals surface area contributed by atoms with Crippen molar-refractivity contribution in [1.82, 2.24) is 9.88 Å². The van der Waals surface area contributed by atoms with Gasteiger partial charge < -0.3 is 19.3 Å². The zero-order chi connectivity index (χ0) is 22.9. The number of rotatable bonds is 3. The van der Waals surface area contributed by atoms with Crippen molar-refractivity contribution < 1.29 is 19.1 Å². The number of fused-ring (bicyclic) bond motifs is 1. The zero-order valence-electron chi connectivity index (χ0n) is 19.3. The molecule has 1 aromatic carbocycles. The van der Waals surface area contributed by atoms with E-state index in [2.05, 4.69) is 11.1 Å². The van der Waals surface area contributed by atoms with E-state index >= 15 is 0 Å². The molecule has 32 heavy (non-hydrogen) atoms. The van der Waals surface area contributed by atoms with Crippen molar-refractivity contribution in [2.75, 3.05) is 25.0 Å². The first kappa shape index (κ1) is 22.1. The molecule has 4 rings (SSSR count). The molecule has 0 spiro atoms. The van der Waals surface area contributed by atoms with Crippen LogP contribution in [0.15, 0.2) is 36.7 Å². The molecule has 2 aliphatic heterocycles. The van der Waals surface area contributed by atoms with Crippen LogP contribution in [-0.2, 0) is 16.0 Å². The molecule has 7 nitrogen and oxygen atoms in total. The number of ether oxygens (including phenoxy) is 2. The summed E-state index contributed by atoms with van der Waals surface area (Å²) >= 11 is 0. The van der Waals surface area contributed by atoms with Crippen LogP contribution in [0, 0.1) is 0 Å². The van der Waals surface area contributed by atoms with Gasteiger partial charge in [-0.2, -0.15) is 0 Å². The average Bonchev–Trinajstić information content (AvgIpc) is 2.75. The fourth-order valence-electron chi connectivity index (χ4n) is 4.20. The van der Waals surface area contributed by atoms with Crippen molar-refractivity contribution in [2.24, 2.45) is 0 Å². The molecule has 0 bridgehead atoms. The summed E-state index contributed by atoms with van der Waals surface area (Å²) in [5.74, 6) is 0.832. The Morgan fingerprint density at radius 2 is 1.94 bits per heavy atom. The maximum atomic E-state index is 12.4. The molecule has 0 N–H and O–H groups in total. The lowest BCUT2D eigenvalue weighted by molar-refractivity contribution is -0.118. The fourth-order valence-corrected chi connectivity index (χ4v) is 4.20. The highest BCUT2D eigenvalue weighted by Crippen LogP contribution is 2.32. The Labute approximate surface area is 189 Å². The highest BCUT2D eigenvalue weighted by molar-refractivity contribution is 5.96. The number of hydrogen-bond acceptors (Lipinski definition) is 5. The van der Waals surface area contributed by atoms with Crippen LogP contribution >= 0.6 is 0 Å². The van der Waals surface area contributed by atoms with Crippen LogP contribution < -0.4 is 9.64 Å². The summed E-state index contributed by atoms with van der Waals surface area (Å²) in [5.41, 5.74) is 3.62. The van der Waals surface area contributed by atoms with Crippen molar-refractivity contribution in [3.05, 3.63) is 42.2 Å². The van der Waals surface area contributed by atoms with E-state index < -0.39 is 5.60 Å². The van der Waals surface area contributed by atoms with E-state index in [9.17, 15) is 9.59 Å². The third-order valence-corrected chi connectivity index (χ3v) is 5.80. The molecule has 0 radical (unpaired) electrons. The second-order valence-electron chi connectivity index (χ2n) is 9.51. The maximum Gasteiger partial charge on any atom is 0.410 e. The number of pyridine rings is 1. The number of carbonyl (C=O) groups is 2. The minimum atomic E-state index is -0.514. The van der Waals surface area contributed by atoms with E-state index in [0.29, 0.717) is 25.3 Å². The van der Waals surface area contributed by atoms with Crippen molar-refractivity contribution in [2.45, 2.75) is 58.2 Å². The van der Waals surface area contributed by atoms with Gasteiger partial charge in [0.25, 0.3) is 0 Å². The number of hydrogen-bond donors (Lipinski definition) is 0. The molecule has 0 saturated carbocycles. The quantitative estimate of drug-likeness (QED) is 0.710. The van der Waals surface area contributed by atoms with Crippen LogP contribution in [-0.4, -0.2) is 53.7 Å². The number of carbonyl (C=O) groups excluding carboxylic acids is 2. The molecular weight excluding hydrogens is 406 g/mol. The van der Waals surface area contributed by atoms with Gasteiger partial charge in [-0.15, -0.1) is 0 Å². The number of aryl methyl sites for hydroxylation is 1. The van der Waals surface area contributed by atoms with Gasteiger partial charge in [0.15, 0.2) is 0 Å². The number of benzene rings is 1. The van der Waals surface area contributed by atoms with Gasteiger partial charge in [0.2, 0.25) is 5.91 Å². The van der Waals surface area contributed by atoms with Crippen LogP contribution in [0.4, 0.5) is 10.5 Å². The molecule has 1 unspecified atom stereocenters. The third kappa shape index (κ3) is 5.03. The van der Waals surface area contributed by atoms with Crippen LogP contribution in [0.1, 0.15) is 45.6 Å². The summed E-state index contributed by atoms with van der Waals surface area (Å²) in [4.78, 5) is 32.2. The number of nitrogens with zero attached hydrogens (tertiary/aromatic N) is 3. The Morgan fingerprint density at radius 3 is 2.72 bits per heavy atom. The van der Waals surface area contributed by atoms with Gasteiger partial charge in [0.1, 0.15) is 17.5 Å². The van der Waals surface area contributed by atoms with E-state index in [0.717, 1.165) is 41.6 Å². The lowest BCUT2D eigenvalue weighted by atomic mass is 9.97. The molecule has 3 heterocycles. The predicted molar refractivity (Wildman–Crippen MR) is 123 cm³/mol. The molecule has 1 saturated heterocycles. The average molecular weight is 438 g/mol. The Bertz CT molecular complexity index is 1010. The van der Waals surface area contributed by atoms with Crippen LogP contribution in [0.3, 0.4) is 0 Å². The molecule has 170 valence electrons. The minimum absolute atomic E-state index is 0.100. The molecule has 1 aromatic heterocycles. The Balaban J connectivity index is 1.46. The van der Waals surface area contributed by atoms with Crippen molar-refractivity contribution in [3.8, 4) is 16.9 Å². The predicted octanol–water partition coefficient (Wildman–Crippen LogP) is 4.44. The first-order chi connectivity index (χ1) is 15.2. The first-order valence-electron chi connectivity index (χ1n) is 11.2.